The zero-order valence-electron chi connectivity index (χ0n) is 13.3. The van der Waals surface area contributed by atoms with Gasteiger partial charge in [0.2, 0.25) is 0 Å². The van der Waals surface area contributed by atoms with E-state index in [1.807, 2.05) is 6.07 Å². The van der Waals surface area contributed by atoms with Crippen LogP contribution in [0.3, 0.4) is 0 Å². The molecule has 0 aromatic heterocycles. The molecule has 2 aromatic carbocycles. The molecule has 3 rings (SSSR count). The highest BCUT2D eigenvalue weighted by molar-refractivity contribution is 6.28. The molecule has 0 unspecified atom stereocenters. The highest BCUT2D eigenvalue weighted by atomic mass is 16.5. The van der Waals surface area contributed by atoms with E-state index in [2.05, 4.69) is 5.32 Å². The fourth-order valence-electron chi connectivity index (χ4n) is 2.44. The number of amides is 3. The molecule has 0 bridgehead atoms. The lowest BCUT2D eigenvalue weighted by Crippen LogP contribution is -2.30. The van der Waals surface area contributed by atoms with Crippen molar-refractivity contribution in [2.45, 2.75) is 0 Å². The third-order valence-corrected chi connectivity index (χ3v) is 3.63. The summed E-state index contributed by atoms with van der Waals surface area (Å²) in [6, 6.07) is 13.5. The third kappa shape index (κ3) is 2.81. The van der Waals surface area contributed by atoms with Crippen LogP contribution in [0.5, 0.6) is 11.5 Å². The Morgan fingerprint density at radius 1 is 1.00 bits per heavy atom. The number of methoxy groups -OCH3 is 2. The van der Waals surface area contributed by atoms with Crippen molar-refractivity contribution in [3.05, 3.63) is 59.8 Å². The zero-order chi connectivity index (χ0) is 17.1. The van der Waals surface area contributed by atoms with Crippen molar-refractivity contribution in [1.82, 2.24) is 5.32 Å². The van der Waals surface area contributed by atoms with Gasteiger partial charge in [0.1, 0.15) is 17.2 Å². The largest absolute Gasteiger partial charge is 0.497 e. The van der Waals surface area contributed by atoms with Gasteiger partial charge in [-0.2, -0.15) is 0 Å². The van der Waals surface area contributed by atoms with Gasteiger partial charge in [0.15, 0.2) is 0 Å². The summed E-state index contributed by atoms with van der Waals surface area (Å²) in [5.74, 6) is 0.771. The van der Waals surface area contributed by atoms with Crippen molar-refractivity contribution in [3.63, 3.8) is 0 Å². The molecule has 1 aliphatic heterocycles. The number of nitrogens with one attached hydrogen (secondary N) is 1. The summed E-state index contributed by atoms with van der Waals surface area (Å²) in [6.07, 6.45) is 1.58. The molecule has 122 valence electrons. The van der Waals surface area contributed by atoms with Crippen LogP contribution < -0.4 is 19.7 Å². The Hall–Kier alpha value is -3.28. The lowest BCUT2D eigenvalue weighted by molar-refractivity contribution is -0.113. The van der Waals surface area contributed by atoms with E-state index in [-0.39, 0.29) is 5.70 Å². The molecule has 0 atom stereocenters. The fraction of sp³-hybridized carbons (Fsp3) is 0.111. The number of imide groups is 1. The first kappa shape index (κ1) is 15.6. The summed E-state index contributed by atoms with van der Waals surface area (Å²) in [6.45, 7) is 0. The Labute approximate surface area is 139 Å². The molecule has 1 fully saturated rings. The molecule has 6 heteroatoms. The first-order chi connectivity index (χ1) is 11.6. The Bertz CT molecular complexity index is 815. The molecule has 2 aromatic rings. The van der Waals surface area contributed by atoms with E-state index in [0.29, 0.717) is 22.7 Å². The fourth-order valence-corrected chi connectivity index (χ4v) is 2.44. The number of ether oxygens (including phenoxy) is 2. The minimum atomic E-state index is -0.482. The predicted octanol–water partition coefficient (Wildman–Crippen LogP) is 2.80. The normalized spacial score (nSPS) is 15.6. The quantitative estimate of drug-likeness (QED) is 0.694. The summed E-state index contributed by atoms with van der Waals surface area (Å²) < 4.78 is 10.5. The molecule has 24 heavy (non-hydrogen) atoms. The molecule has 0 aliphatic carbocycles. The van der Waals surface area contributed by atoms with E-state index < -0.39 is 11.9 Å². The van der Waals surface area contributed by atoms with E-state index in [4.69, 9.17) is 9.47 Å². The van der Waals surface area contributed by atoms with E-state index in [1.165, 1.54) is 7.11 Å². The number of rotatable bonds is 4. The van der Waals surface area contributed by atoms with Gasteiger partial charge in [-0.15, -0.1) is 0 Å². The smallest absolute Gasteiger partial charge is 0.333 e. The number of hydrogen-bond donors (Lipinski definition) is 1. The maximum absolute atomic E-state index is 12.6. The average molecular weight is 324 g/mol. The Morgan fingerprint density at radius 2 is 1.75 bits per heavy atom. The van der Waals surface area contributed by atoms with Crippen LogP contribution in [0.15, 0.2) is 54.2 Å². The lowest BCUT2D eigenvalue weighted by Gasteiger charge is -2.11. The number of carbonyl (C=O) groups excluding carboxylic acids is 2. The molecular formula is C18H16N2O4. The van der Waals surface area contributed by atoms with Crippen LogP contribution in [-0.4, -0.2) is 26.2 Å². The van der Waals surface area contributed by atoms with Gasteiger partial charge in [0, 0.05) is 11.6 Å². The average Bonchev–Trinajstić information content (AvgIpc) is 2.89. The van der Waals surface area contributed by atoms with Crippen molar-refractivity contribution in [3.8, 4) is 11.5 Å². The first-order valence-electron chi connectivity index (χ1n) is 7.28. The number of carbonyl (C=O) groups is 2. The first-order valence-corrected chi connectivity index (χ1v) is 7.28. The molecule has 0 saturated carbocycles. The van der Waals surface area contributed by atoms with Gasteiger partial charge in [-0.1, -0.05) is 18.2 Å². The van der Waals surface area contributed by atoms with E-state index in [1.54, 1.807) is 55.7 Å². The molecule has 1 saturated heterocycles. The molecule has 1 aliphatic rings. The molecule has 0 radical (unpaired) electrons. The number of nitrogens with zero attached hydrogens (tertiary/aromatic N) is 1. The van der Waals surface area contributed by atoms with Gasteiger partial charge in [0.25, 0.3) is 5.91 Å². The highest BCUT2D eigenvalue weighted by Gasteiger charge is 2.34. The van der Waals surface area contributed by atoms with Crippen LogP contribution >= 0.6 is 0 Å². The van der Waals surface area contributed by atoms with E-state index in [0.717, 1.165) is 4.90 Å². The van der Waals surface area contributed by atoms with E-state index >= 15 is 0 Å². The molecule has 3 amide bonds. The van der Waals surface area contributed by atoms with Gasteiger partial charge >= 0.3 is 6.03 Å². The molecule has 0 spiro atoms. The van der Waals surface area contributed by atoms with Crippen LogP contribution in [0.4, 0.5) is 10.5 Å². The van der Waals surface area contributed by atoms with E-state index in [9.17, 15) is 9.59 Å². The Balaban J connectivity index is 1.95. The Kier molecular flexibility index (Phi) is 4.20. The van der Waals surface area contributed by atoms with Crippen LogP contribution in [0, 0.1) is 0 Å². The molecule has 1 N–H and O–H groups in total. The highest BCUT2D eigenvalue weighted by Crippen LogP contribution is 2.28. The van der Waals surface area contributed by atoms with Gasteiger partial charge < -0.3 is 14.8 Å². The molecule has 6 nitrogen and oxygen atoms in total. The SMILES string of the molecule is COc1ccc(C=C2NC(=O)N(c3ccccc3)C2=O)c(OC)c1. The third-order valence-electron chi connectivity index (χ3n) is 3.63. The van der Waals surface area contributed by atoms with Crippen LogP contribution in [0.2, 0.25) is 0 Å². The maximum atomic E-state index is 12.6. The van der Waals surface area contributed by atoms with Crippen LogP contribution in [-0.2, 0) is 4.79 Å². The molecular weight excluding hydrogens is 308 g/mol. The summed E-state index contributed by atoms with van der Waals surface area (Å²) in [7, 11) is 3.09. The topological polar surface area (TPSA) is 67.9 Å². The molecule has 1 heterocycles. The summed E-state index contributed by atoms with van der Waals surface area (Å²) in [5, 5.41) is 2.59. The summed E-state index contributed by atoms with van der Waals surface area (Å²) in [5.41, 5.74) is 1.37. The summed E-state index contributed by atoms with van der Waals surface area (Å²) >= 11 is 0. The number of urea groups is 1. The zero-order valence-corrected chi connectivity index (χ0v) is 13.3. The van der Waals surface area contributed by atoms with Gasteiger partial charge in [0.05, 0.1) is 19.9 Å². The second-order valence-electron chi connectivity index (χ2n) is 5.07. The Morgan fingerprint density at radius 3 is 2.42 bits per heavy atom. The second kappa shape index (κ2) is 6.45. The maximum Gasteiger partial charge on any atom is 0.333 e. The number of benzene rings is 2. The van der Waals surface area contributed by atoms with Crippen LogP contribution in [0.1, 0.15) is 5.56 Å². The lowest BCUT2D eigenvalue weighted by atomic mass is 10.1. The standard InChI is InChI=1S/C18H16N2O4/c1-23-14-9-8-12(16(11-14)24-2)10-15-17(21)20(18(22)19-15)13-6-4-3-5-7-13/h3-11H,1-2H3,(H,19,22). The summed E-state index contributed by atoms with van der Waals surface area (Å²) in [4.78, 5) is 25.8. The second-order valence-corrected chi connectivity index (χ2v) is 5.07. The van der Waals surface area contributed by atoms with Crippen molar-refractivity contribution < 1.29 is 19.1 Å². The van der Waals surface area contributed by atoms with Crippen molar-refractivity contribution in [1.29, 1.82) is 0 Å². The van der Waals surface area contributed by atoms with Crippen molar-refractivity contribution in [2.75, 3.05) is 19.1 Å². The predicted molar refractivity (Wildman–Crippen MR) is 90.0 cm³/mol. The van der Waals surface area contributed by atoms with Gasteiger partial charge in [-0.25, -0.2) is 9.69 Å². The monoisotopic (exact) mass is 324 g/mol. The van der Waals surface area contributed by atoms with Gasteiger partial charge in [-0.3, -0.25) is 4.79 Å². The van der Waals surface area contributed by atoms with Gasteiger partial charge in [-0.05, 0) is 30.3 Å². The van der Waals surface area contributed by atoms with Crippen LogP contribution in [0.25, 0.3) is 6.08 Å². The minimum Gasteiger partial charge on any atom is -0.497 e. The number of hydrogen-bond acceptors (Lipinski definition) is 4. The number of anilines is 1. The van der Waals surface area contributed by atoms with Crippen molar-refractivity contribution in [2.24, 2.45) is 0 Å². The minimum absolute atomic E-state index is 0.187. The van der Waals surface area contributed by atoms with Crippen molar-refractivity contribution >= 4 is 23.7 Å². The number of para-hydroxylation sites is 1.